The zero-order valence-corrected chi connectivity index (χ0v) is 28.4. The number of carbonyl (C=O) groups is 2. The fraction of sp³-hybridized carbons (Fsp3) is 0.829. The van der Waals surface area contributed by atoms with Crippen LogP contribution in [-0.2, 0) is 28.4 Å². The number of rotatable bonds is 11. The first-order valence-electron chi connectivity index (χ1n) is 16.5. The largest absolute Gasteiger partial charge is 0.508 e. The van der Waals surface area contributed by atoms with Crippen molar-refractivity contribution in [3.05, 3.63) is 23.3 Å². The van der Waals surface area contributed by atoms with E-state index in [0.717, 1.165) is 37.7 Å². The second-order valence-corrected chi connectivity index (χ2v) is 14.6. The fourth-order valence-corrected chi connectivity index (χ4v) is 9.48. The van der Waals surface area contributed by atoms with E-state index in [1.807, 2.05) is 13.8 Å². The number of hydrogen-bond donors (Lipinski definition) is 1. The van der Waals surface area contributed by atoms with Crippen molar-refractivity contribution >= 4 is 12.3 Å². The first-order valence-corrected chi connectivity index (χ1v) is 16.5. The first-order chi connectivity index (χ1) is 20.8. The maximum atomic E-state index is 12.4. The van der Waals surface area contributed by atoms with Gasteiger partial charge in [0.25, 0.3) is 0 Å². The van der Waals surface area contributed by atoms with Gasteiger partial charge in [0.05, 0.1) is 25.9 Å². The Balaban J connectivity index is 1.58. The fourth-order valence-electron chi connectivity index (χ4n) is 9.48. The molecule has 0 aliphatic heterocycles. The van der Waals surface area contributed by atoms with Crippen LogP contribution in [0.1, 0.15) is 92.9 Å². The molecule has 0 radical (unpaired) electrons. The zero-order valence-electron chi connectivity index (χ0n) is 28.4. The summed E-state index contributed by atoms with van der Waals surface area (Å²) < 4.78 is 32.1. The maximum absolute atomic E-state index is 12.4. The summed E-state index contributed by atoms with van der Waals surface area (Å²) in [5.41, 5.74) is 1.66. The SMILES string of the molecule is CC[C@@H](CC(O)C(C)(C)OCOC)[C@H](C)[C@H]1CC[C@H]2C3=CC=C4C[C@@H](OC(=O)OC)C[C@H](OC(=O)OC)[C@]4(C)C3CC[C@]12C. The molecule has 0 heterocycles. The highest BCUT2D eigenvalue weighted by Crippen LogP contribution is 2.67. The predicted molar refractivity (Wildman–Crippen MR) is 166 cm³/mol. The van der Waals surface area contributed by atoms with Crippen molar-refractivity contribution in [2.24, 2.45) is 40.4 Å². The van der Waals surface area contributed by atoms with Gasteiger partial charge in [0.15, 0.2) is 0 Å². The van der Waals surface area contributed by atoms with Crippen LogP contribution < -0.4 is 0 Å². The normalized spacial score (nSPS) is 35.1. The van der Waals surface area contributed by atoms with Gasteiger partial charge in [-0.1, -0.05) is 57.4 Å². The molecule has 10 atom stereocenters. The molecule has 0 aromatic heterocycles. The van der Waals surface area contributed by atoms with Crippen molar-refractivity contribution < 1.29 is 43.1 Å². The number of hydrogen-bond acceptors (Lipinski definition) is 9. The lowest BCUT2D eigenvalue weighted by Crippen LogP contribution is -2.54. The van der Waals surface area contributed by atoms with E-state index in [1.54, 1.807) is 7.11 Å². The molecule has 0 aromatic carbocycles. The first kappa shape index (κ1) is 34.8. The lowest BCUT2D eigenvalue weighted by molar-refractivity contribution is -0.165. The number of carbonyl (C=O) groups excluding carboxylic acids is 2. The van der Waals surface area contributed by atoms with Crippen molar-refractivity contribution in [2.75, 3.05) is 28.1 Å². The molecule has 4 aliphatic carbocycles. The molecule has 0 amide bonds. The Hall–Kier alpha value is -2.10. The molecule has 250 valence electrons. The second kappa shape index (κ2) is 13.7. The summed E-state index contributed by atoms with van der Waals surface area (Å²) in [5, 5.41) is 11.2. The summed E-state index contributed by atoms with van der Waals surface area (Å²) in [6.45, 7) is 13.4. The van der Waals surface area contributed by atoms with Crippen LogP contribution in [0.3, 0.4) is 0 Å². The number of aliphatic hydroxyl groups is 1. The molecule has 9 nitrogen and oxygen atoms in total. The van der Waals surface area contributed by atoms with E-state index < -0.39 is 41.6 Å². The molecule has 1 N–H and O–H groups in total. The Labute approximate surface area is 264 Å². The van der Waals surface area contributed by atoms with Gasteiger partial charge in [-0.05, 0) is 81.0 Å². The molecule has 44 heavy (non-hydrogen) atoms. The molecule has 0 bridgehead atoms. The molecule has 4 rings (SSSR count). The van der Waals surface area contributed by atoms with Gasteiger partial charge < -0.3 is 33.5 Å². The molecule has 0 spiro atoms. The summed E-state index contributed by atoms with van der Waals surface area (Å²) in [6.07, 6.45) is 8.61. The van der Waals surface area contributed by atoms with E-state index >= 15 is 0 Å². The summed E-state index contributed by atoms with van der Waals surface area (Å²) in [7, 11) is 4.21. The minimum absolute atomic E-state index is 0.147. The number of ether oxygens (including phenoxy) is 6. The van der Waals surface area contributed by atoms with Gasteiger partial charge in [0, 0.05) is 25.4 Å². The molecule has 3 fully saturated rings. The number of allylic oxidation sites excluding steroid dienone is 3. The second-order valence-electron chi connectivity index (χ2n) is 14.6. The van der Waals surface area contributed by atoms with Crippen molar-refractivity contribution in [3.8, 4) is 0 Å². The molecule has 9 heteroatoms. The van der Waals surface area contributed by atoms with Crippen LogP contribution in [0.15, 0.2) is 23.3 Å². The van der Waals surface area contributed by atoms with Crippen LogP contribution in [0.2, 0.25) is 0 Å². The smallest absolute Gasteiger partial charge is 0.438 e. The van der Waals surface area contributed by atoms with E-state index in [4.69, 9.17) is 28.4 Å². The molecular weight excluding hydrogens is 564 g/mol. The lowest BCUT2D eigenvalue weighted by Gasteiger charge is -2.57. The van der Waals surface area contributed by atoms with Crippen molar-refractivity contribution in [1.29, 1.82) is 0 Å². The zero-order chi connectivity index (χ0) is 32.4. The molecule has 0 saturated heterocycles. The summed E-state index contributed by atoms with van der Waals surface area (Å²) in [4.78, 5) is 24.4. The van der Waals surface area contributed by atoms with Crippen molar-refractivity contribution in [1.82, 2.24) is 0 Å². The third kappa shape index (κ3) is 6.43. The average molecular weight is 621 g/mol. The number of methoxy groups -OCH3 is 3. The highest BCUT2D eigenvalue weighted by Gasteiger charge is 2.60. The summed E-state index contributed by atoms with van der Waals surface area (Å²) in [6, 6.07) is 0. The van der Waals surface area contributed by atoms with E-state index in [1.165, 1.54) is 19.8 Å². The Kier molecular flexibility index (Phi) is 10.8. The Morgan fingerprint density at radius 3 is 2.34 bits per heavy atom. The van der Waals surface area contributed by atoms with Crippen LogP contribution in [0.5, 0.6) is 0 Å². The highest BCUT2D eigenvalue weighted by molar-refractivity contribution is 5.61. The Morgan fingerprint density at radius 2 is 1.70 bits per heavy atom. The monoisotopic (exact) mass is 620 g/mol. The topological polar surface area (TPSA) is 110 Å². The number of aliphatic hydroxyl groups excluding tert-OH is 1. The third-order valence-electron chi connectivity index (χ3n) is 12.3. The van der Waals surface area contributed by atoms with E-state index in [-0.39, 0.29) is 18.1 Å². The van der Waals surface area contributed by atoms with E-state index in [2.05, 4.69) is 39.8 Å². The van der Waals surface area contributed by atoms with Crippen LogP contribution >= 0.6 is 0 Å². The Morgan fingerprint density at radius 1 is 1.02 bits per heavy atom. The van der Waals surface area contributed by atoms with Crippen molar-refractivity contribution in [3.63, 3.8) is 0 Å². The Bertz CT molecular complexity index is 1100. The van der Waals surface area contributed by atoms with Gasteiger partial charge in [0.1, 0.15) is 19.0 Å². The lowest BCUT2D eigenvalue weighted by atomic mass is 9.49. The maximum Gasteiger partial charge on any atom is 0.508 e. The minimum atomic E-state index is -0.730. The van der Waals surface area contributed by atoms with Crippen LogP contribution in [-0.4, -0.2) is 69.5 Å². The van der Waals surface area contributed by atoms with Gasteiger partial charge in [-0.3, -0.25) is 0 Å². The summed E-state index contributed by atoms with van der Waals surface area (Å²) >= 11 is 0. The van der Waals surface area contributed by atoms with Gasteiger partial charge in [-0.15, -0.1) is 0 Å². The van der Waals surface area contributed by atoms with E-state index in [9.17, 15) is 14.7 Å². The number of fused-ring (bicyclic) bond motifs is 5. The molecule has 0 aromatic rings. The molecule has 2 unspecified atom stereocenters. The van der Waals surface area contributed by atoms with Gasteiger partial charge >= 0.3 is 12.3 Å². The third-order valence-corrected chi connectivity index (χ3v) is 12.3. The van der Waals surface area contributed by atoms with E-state index in [0.29, 0.717) is 42.9 Å². The van der Waals surface area contributed by atoms with Crippen LogP contribution in [0.25, 0.3) is 0 Å². The molecule has 4 aliphatic rings. The molecule has 3 saturated carbocycles. The predicted octanol–water partition coefficient (Wildman–Crippen LogP) is 7.21. The minimum Gasteiger partial charge on any atom is -0.438 e. The van der Waals surface area contributed by atoms with Crippen LogP contribution in [0.4, 0.5) is 9.59 Å². The van der Waals surface area contributed by atoms with Gasteiger partial charge in [-0.25, -0.2) is 9.59 Å². The highest BCUT2D eigenvalue weighted by atomic mass is 16.7. The quantitative estimate of drug-likeness (QED) is 0.189. The van der Waals surface area contributed by atoms with Crippen LogP contribution in [0, 0.1) is 40.4 Å². The van der Waals surface area contributed by atoms with Gasteiger partial charge in [-0.2, -0.15) is 0 Å². The standard InChI is InChI=1S/C35H56O9/c1-10-22(17-29(36)33(3,4)42-20-39-7)21(2)26-13-14-27-25-12-11-23-18-24(43-31(37)40-8)19-30(44-32(38)41-9)35(23,6)28(25)15-16-34(26,27)5/h11-12,21-22,24,26-30,36H,10,13-20H2,1-9H3/t21-,22-,24+,26+,27-,28?,29?,30-,34+,35-/m0/s1. The summed E-state index contributed by atoms with van der Waals surface area (Å²) in [5.74, 6) is 2.03. The van der Waals surface area contributed by atoms with Gasteiger partial charge in [0.2, 0.25) is 0 Å². The van der Waals surface area contributed by atoms with Crippen molar-refractivity contribution in [2.45, 2.75) is 117 Å². The molecular formula is C35H56O9. The average Bonchev–Trinajstić information content (AvgIpc) is 3.35.